The van der Waals surface area contributed by atoms with Crippen molar-refractivity contribution < 1.29 is 19.1 Å². The molecule has 0 aromatic heterocycles. The lowest BCUT2D eigenvalue weighted by Gasteiger charge is -2.07. The van der Waals surface area contributed by atoms with Crippen LogP contribution in [0.1, 0.15) is 15.9 Å². The fourth-order valence-corrected chi connectivity index (χ4v) is 3.36. The predicted octanol–water partition coefficient (Wildman–Crippen LogP) is 3.64. The van der Waals surface area contributed by atoms with Crippen molar-refractivity contribution in [3.05, 3.63) is 63.6 Å². The van der Waals surface area contributed by atoms with E-state index in [0.717, 1.165) is 10.5 Å². The summed E-state index contributed by atoms with van der Waals surface area (Å²) >= 11 is 13.6. The highest BCUT2D eigenvalue weighted by Crippen LogP contribution is 2.32. The van der Waals surface area contributed by atoms with Gasteiger partial charge in [-0.1, -0.05) is 35.3 Å². The van der Waals surface area contributed by atoms with E-state index in [9.17, 15) is 14.4 Å². The van der Waals surface area contributed by atoms with Crippen molar-refractivity contribution in [2.45, 2.75) is 10.6 Å². The molecular formula is C17H14Cl2N2O4S. The van der Waals surface area contributed by atoms with Crippen LogP contribution in [0.5, 0.6) is 0 Å². The van der Waals surface area contributed by atoms with E-state index in [2.05, 4.69) is 0 Å². The van der Waals surface area contributed by atoms with Crippen molar-refractivity contribution >= 4 is 52.9 Å². The van der Waals surface area contributed by atoms with Gasteiger partial charge >= 0.3 is 12.0 Å². The van der Waals surface area contributed by atoms with Gasteiger partial charge in [0.1, 0.15) is 0 Å². The Kier molecular flexibility index (Phi) is 7.32. The topological polar surface area (TPSA) is 98.5 Å². The van der Waals surface area contributed by atoms with E-state index in [0.29, 0.717) is 15.8 Å². The zero-order valence-electron chi connectivity index (χ0n) is 13.3. The number of hydrogen-bond donors (Lipinski definition) is 2. The number of rotatable bonds is 6. The number of amides is 3. The SMILES string of the molecule is NC(=O)NC(=O)COC(=O)c1cccc(CSc2cc(Cl)ccc2Cl)c1. The lowest BCUT2D eigenvalue weighted by molar-refractivity contribution is -0.123. The zero-order valence-corrected chi connectivity index (χ0v) is 15.7. The highest BCUT2D eigenvalue weighted by Gasteiger charge is 2.12. The second kappa shape index (κ2) is 9.47. The standard InChI is InChI=1S/C17H14Cl2N2O4S/c18-12-4-5-13(19)14(7-12)26-9-10-2-1-3-11(6-10)16(23)25-8-15(22)21-17(20)24/h1-7H,8-9H2,(H3,20,21,22,24). The van der Waals surface area contributed by atoms with E-state index < -0.39 is 24.5 Å². The number of ether oxygens (including phenoxy) is 1. The summed E-state index contributed by atoms with van der Waals surface area (Å²) in [5, 5.41) is 2.98. The molecule has 0 heterocycles. The first-order valence-electron chi connectivity index (χ1n) is 7.28. The first kappa shape index (κ1) is 20.1. The minimum Gasteiger partial charge on any atom is -0.452 e. The largest absolute Gasteiger partial charge is 0.452 e. The quantitative estimate of drug-likeness (QED) is 0.557. The smallest absolute Gasteiger partial charge is 0.338 e. The molecule has 0 saturated carbocycles. The minimum absolute atomic E-state index is 0.284. The molecule has 0 saturated heterocycles. The zero-order chi connectivity index (χ0) is 19.1. The van der Waals surface area contributed by atoms with Gasteiger partial charge in [0, 0.05) is 15.7 Å². The molecule has 0 spiro atoms. The molecule has 0 unspecified atom stereocenters. The normalized spacial score (nSPS) is 10.2. The van der Waals surface area contributed by atoms with Gasteiger partial charge in [-0.05, 0) is 35.9 Å². The third-order valence-corrected chi connectivity index (χ3v) is 4.85. The molecule has 0 aliphatic carbocycles. The van der Waals surface area contributed by atoms with Crippen LogP contribution in [-0.4, -0.2) is 24.5 Å². The van der Waals surface area contributed by atoms with Crippen LogP contribution >= 0.6 is 35.0 Å². The molecule has 3 amide bonds. The number of nitrogens with two attached hydrogens (primary N) is 1. The number of benzene rings is 2. The summed E-state index contributed by atoms with van der Waals surface area (Å²) in [6.45, 7) is -0.598. The van der Waals surface area contributed by atoms with Crippen LogP contribution in [0.4, 0.5) is 4.79 Å². The predicted molar refractivity (Wildman–Crippen MR) is 100 cm³/mol. The van der Waals surface area contributed by atoms with Gasteiger partial charge in [0.2, 0.25) is 0 Å². The van der Waals surface area contributed by atoms with Crippen molar-refractivity contribution in [2.24, 2.45) is 5.73 Å². The molecule has 26 heavy (non-hydrogen) atoms. The summed E-state index contributed by atoms with van der Waals surface area (Å²) in [4.78, 5) is 34.6. The van der Waals surface area contributed by atoms with Crippen LogP contribution in [0.3, 0.4) is 0 Å². The molecule has 0 fully saturated rings. The number of carbonyl (C=O) groups excluding carboxylic acids is 3. The van der Waals surface area contributed by atoms with E-state index >= 15 is 0 Å². The van der Waals surface area contributed by atoms with Gasteiger partial charge in [0.05, 0.1) is 10.6 Å². The molecule has 0 radical (unpaired) electrons. The Labute approximate surface area is 164 Å². The Bertz CT molecular complexity index is 845. The number of primary amides is 1. The highest BCUT2D eigenvalue weighted by molar-refractivity contribution is 7.98. The van der Waals surface area contributed by atoms with E-state index in [1.165, 1.54) is 11.8 Å². The van der Waals surface area contributed by atoms with Crippen molar-refractivity contribution in [1.29, 1.82) is 0 Å². The molecule has 3 N–H and O–H groups in total. The second-order valence-electron chi connectivity index (χ2n) is 5.05. The third kappa shape index (κ3) is 6.25. The maximum absolute atomic E-state index is 12.0. The Morgan fingerprint density at radius 3 is 2.62 bits per heavy atom. The number of esters is 1. The highest BCUT2D eigenvalue weighted by atomic mass is 35.5. The molecule has 6 nitrogen and oxygen atoms in total. The molecule has 0 aliphatic heterocycles. The summed E-state index contributed by atoms with van der Waals surface area (Å²) in [5.41, 5.74) is 5.95. The molecule has 0 atom stereocenters. The van der Waals surface area contributed by atoms with Crippen LogP contribution in [0.2, 0.25) is 10.0 Å². The number of hydrogen-bond acceptors (Lipinski definition) is 5. The Morgan fingerprint density at radius 2 is 1.88 bits per heavy atom. The van der Waals surface area contributed by atoms with Gasteiger partial charge < -0.3 is 10.5 Å². The van der Waals surface area contributed by atoms with E-state index in [1.807, 2.05) is 6.07 Å². The molecule has 0 aliphatic rings. The van der Waals surface area contributed by atoms with Crippen LogP contribution in [-0.2, 0) is 15.3 Å². The summed E-state index contributed by atoms with van der Waals surface area (Å²) in [5.74, 6) is -0.922. The second-order valence-corrected chi connectivity index (χ2v) is 6.91. The number of nitrogens with one attached hydrogen (secondary N) is 1. The molecule has 2 rings (SSSR count). The molecular weight excluding hydrogens is 399 g/mol. The van der Waals surface area contributed by atoms with Gasteiger partial charge in [-0.2, -0.15) is 0 Å². The maximum Gasteiger partial charge on any atom is 0.338 e. The Morgan fingerprint density at radius 1 is 1.12 bits per heavy atom. The maximum atomic E-state index is 12.0. The number of imide groups is 1. The summed E-state index contributed by atoms with van der Waals surface area (Å²) in [6.07, 6.45) is 0. The average molecular weight is 413 g/mol. The fraction of sp³-hybridized carbons (Fsp3) is 0.118. The van der Waals surface area contributed by atoms with E-state index in [-0.39, 0.29) is 5.56 Å². The molecule has 136 valence electrons. The van der Waals surface area contributed by atoms with Crippen LogP contribution in [0.15, 0.2) is 47.4 Å². The van der Waals surface area contributed by atoms with Gasteiger partial charge in [0.25, 0.3) is 5.91 Å². The van der Waals surface area contributed by atoms with Gasteiger partial charge in [-0.15, -0.1) is 11.8 Å². The first-order chi connectivity index (χ1) is 12.3. The summed E-state index contributed by atoms with van der Waals surface area (Å²) in [7, 11) is 0. The third-order valence-electron chi connectivity index (χ3n) is 3.05. The lowest BCUT2D eigenvalue weighted by Crippen LogP contribution is -2.37. The molecule has 2 aromatic carbocycles. The minimum atomic E-state index is -1.01. The van der Waals surface area contributed by atoms with Crippen molar-refractivity contribution in [3.8, 4) is 0 Å². The summed E-state index contributed by atoms with van der Waals surface area (Å²) in [6, 6.07) is 11.0. The summed E-state index contributed by atoms with van der Waals surface area (Å²) < 4.78 is 4.84. The first-order valence-corrected chi connectivity index (χ1v) is 9.02. The van der Waals surface area contributed by atoms with E-state index in [4.69, 9.17) is 33.7 Å². The average Bonchev–Trinajstić information content (AvgIpc) is 2.60. The van der Waals surface area contributed by atoms with Crippen LogP contribution in [0.25, 0.3) is 0 Å². The monoisotopic (exact) mass is 412 g/mol. The number of carbonyl (C=O) groups is 3. The molecule has 9 heteroatoms. The fourth-order valence-electron chi connectivity index (χ4n) is 1.92. The Balaban J connectivity index is 1.96. The Hall–Kier alpha value is -2.22. The molecule has 0 bridgehead atoms. The van der Waals surface area contributed by atoms with Crippen LogP contribution in [0, 0.1) is 0 Å². The number of thioether (sulfide) groups is 1. The van der Waals surface area contributed by atoms with Crippen molar-refractivity contribution in [2.75, 3.05) is 6.61 Å². The van der Waals surface area contributed by atoms with Crippen molar-refractivity contribution in [3.63, 3.8) is 0 Å². The molecule has 2 aromatic rings. The number of urea groups is 1. The lowest BCUT2D eigenvalue weighted by atomic mass is 10.1. The van der Waals surface area contributed by atoms with Crippen molar-refractivity contribution in [1.82, 2.24) is 5.32 Å². The van der Waals surface area contributed by atoms with Gasteiger partial charge in [-0.3, -0.25) is 10.1 Å². The van der Waals surface area contributed by atoms with Gasteiger partial charge in [-0.25, -0.2) is 9.59 Å². The van der Waals surface area contributed by atoms with Crippen LogP contribution < -0.4 is 11.1 Å². The number of halogens is 2. The van der Waals surface area contributed by atoms with E-state index in [1.54, 1.807) is 41.7 Å². The van der Waals surface area contributed by atoms with Gasteiger partial charge in [0.15, 0.2) is 6.61 Å².